The van der Waals surface area contributed by atoms with Gasteiger partial charge < -0.3 is 15.0 Å². The molecule has 1 N–H and O–H groups in total. The van der Waals surface area contributed by atoms with E-state index in [4.69, 9.17) is 4.74 Å². The number of amides is 2. The van der Waals surface area contributed by atoms with Crippen molar-refractivity contribution in [2.45, 2.75) is 38.4 Å². The summed E-state index contributed by atoms with van der Waals surface area (Å²) in [5.74, 6) is 1.15. The molecule has 0 unspecified atom stereocenters. The summed E-state index contributed by atoms with van der Waals surface area (Å²) in [6.07, 6.45) is 0.810. The molecule has 0 radical (unpaired) electrons. The molecule has 0 saturated carbocycles. The van der Waals surface area contributed by atoms with Gasteiger partial charge in [-0.05, 0) is 44.4 Å². The van der Waals surface area contributed by atoms with Crippen molar-refractivity contribution in [2.24, 2.45) is 5.92 Å². The Labute approximate surface area is 149 Å². The lowest BCUT2D eigenvalue weighted by atomic mass is 10.0. The number of likely N-dealkylation sites (N-methyl/N-ethyl adjacent to an activating group) is 1. The molecule has 1 aromatic rings. The third-order valence-electron chi connectivity index (χ3n) is 5.42. The van der Waals surface area contributed by atoms with Gasteiger partial charge in [0.25, 0.3) is 5.91 Å². The molecule has 2 aliphatic rings. The number of benzene rings is 1. The fourth-order valence-electron chi connectivity index (χ4n) is 4.32. The highest BCUT2D eigenvalue weighted by Gasteiger charge is 2.50. The van der Waals surface area contributed by atoms with Crippen molar-refractivity contribution >= 4 is 11.8 Å². The molecule has 2 amide bonds. The molecule has 3 rings (SSSR count). The average Bonchev–Trinajstić information content (AvgIpc) is 3.17. The Hall–Kier alpha value is -2.08. The number of methoxy groups -OCH3 is 1. The van der Waals surface area contributed by atoms with E-state index in [1.165, 1.54) is 0 Å². The van der Waals surface area contributed by atoms with Gasteiger partial charge in [0.1, 0.15) is 5.75 Å². The monoisotopic (exact) mass is 345 g/mol. The smallest absolute Gasteiger partial charge is 0.254 e. The molecule has 136 valence electrons. The zero-order valence-corrected chi connectivity index (χ0v) is 15.4. The van der Waals surface area contributed by atoms with Gasteiger partial charge in [0.05, 0.1) is 13.2 Å². The molecule has 0 bridgehead atoms. The van der Waals surface area contributed by atoms with E-state index in [-0.39, 0.29) is 29.9 Å². The second kappa shape index (κ2) is 7.04. The van der Waals surface area contributed by atoms with Crippen LogP contribution in [0.2, 0.25) is 0 Å². The maximum Gasteiger partial charge on any atom is 0.254 e. The lowest BCUT2D eigenvalue weighted by Crippen LogP contribution is -2.50. The zero-order chi connectivity index (χ0) is 18.1. The normalized spacial score (nSPS) is 26.0. The van der Waals surface area contributed by atoms with Crippen LogP contribution in [0.25, 0.3) is 0 Å². The molecule has 25 heavy (non-hydrogen) atoms. The van der Waals surface area contributed by atoms with Gasteiger partial charge in [0, 0.05) is 37.8 Å². The minimum atomic E-state index is -0.0888. The van der Waals surface area contributed by atoms with Gasteiger partial charge in [-0.1, -0.05) is 6.07 Å². The number of fused-ring (bicyclic) bond motifs is 1. The molecule has 6 heteroatoms. The number of nitrogens with one attached hydrogen (secondary N) is 1. The Balaban J connectivity index is 1.75. The van der Waals surface area contributed by atoms with Crippen LogP contribution < -0.4 is 10.1 Å². The number of hydrogen-bond acceptors (Lipinski definition) is 4. The summed E-state index contributed by atoms with van der Waals surface area (Å²) in [6.45, 7) is 5.61. The topological polar surface area (TPSA) is 61.9 Å². The summed E-state index contributed by atoms with van der Waals surface area (Å²) in [5, 5.41) is 2.78. The van der Waals surface area contributed by atoms with Crippen LogP contribution in [0.5, 0.6) is 5.75 Å². The van der Waals surface area contributed by atoms with Gasteiger partial charge in [0.15, 0.2) is 0 Å². The van der Waals surface area contributed by atoms with E-state index in [1.54, 1.807) is 20.2 Å². The second-order valence-corrected chi connectivity index (χ2v) is 7.18. The van der Waals surface area contributed by atoms with Gasteiger partial charge in [-0.2, -0.15) is 0 Å². The molecule has 0 aliphatic carbocycles. The summed E-state index contributed by atoms with van der Waals surface area (Å²) in [5.41, 5.74) is 0.651. The van der Waals surface area contributed by atoms with Gasteiger partial charge in [-0.15, -0.1) is 0 Å². The number of nitrogens with zero attached hydrogens (tertiary/aromatic N) is 2. The van der Waals surface area contributed by atoms with Gasteiger partial charge in [-0.25, -0.2) is 0 Å². The molecule has 0 spiro atoms. The van der Waals surface area contributed by atoms with Crippen molar-refractivity contribution in [1.82, 2.24) is 15.1 Å². The van der Waals surface area contributed by atoms with E-state index in [0.29, 0.717) is 30.3 Å². The van der Waals surface area contributed by atoms with E-state index in [9.17, 15) is 9.59 Å². The van der Waals surface area contributed by atoms with Crippen molar-refractivity contribution in [3.05, 3.63) is 29.8 Å². The molecule has 2 saturated heterocycles. The van der Waals surface area contributed by atoms with Crippen LogP contribution in [-0.2, 0) is 4.79 Å². The fraction of sp³-hybridized carbons (Fsp3) is 0.579. The van der Waals surface area contributed by atoms with Gasteiger partial charge in [0.2, 0.25) is 5.91 Å². The molecule has 2 aliphatic heterocycles. The third kappa shape index (κ3) is 3.23. The highest BCUT2D eigenvalue weighted by molar-refractivity contribution is 5.95. The Morgan fingerprint density at radius 2 is 2.04 bits per heavy atom. The number of carbonyl (C=O) groups excluding carboxylic acids is 2. The summed E-state index contributed by atoms with van der Waals surface area (Å²) >= 11 is 0. The van der Waals surface area contributed by atoms with Crippen LogP contribution in [0.3, 0.4) is 0 Å². The van der Waals surface area contributed by atoms with E-state index in [1.807, 2.05) is 23.1 Å². The first-order valence-electron chi connectivity index (χ1n) is 8.88. The largest absolute Gasteiger partial charge is 0.497 e. The molecule has 1 aromatic carbocycles. The number of ether oxygens (including phenoxy) is 1. The molecule has 2 heterocycles. The van der Waals surface area contributed by atoms with Crippen molar-refractivity contribution in [1.29, 1.82) is 0 Å². The Morgan fingerprint density at radius 3 is 2.68 bits per heavy atom. The Bertz CT molecular complexity index is 661. The maximum absolute atomic E-state index is 12.9. The first-order chi connectivity index (χ1) is 12.0. The Kier molecular flexibility index (Phi) is 4.99. The number of hydrogen-bond donors (Lipinski definition) is 1. The molecule has 6 nitrogen and oxygen atoms in total. The molecule has 3 atom stereocenters. The van der Waals surface area contributed by atoms with Crippen molar-refractivity contribution < 1.29 is 14.3 Å². The van der Waals surface area contributed by atoms with Gasteiger partial charge in [-0.3, -0.25) is 14.5 Å². The lowest BCUT2D eigenvalue weighted by Gasteiger charge is -2.33. The molecular weight excluding hydrogens is 318 g/mol. The lowest BCUT2D eigenvalue weighted by molar-refractivity contribution is -0.126. The quantitative estimate of drug-likeness (QED) is 0.895. The fourth-order valence-corrected chi connectivity index (χ4v) is 4.32. The Morgan fingerprint density at radius 1 is 1.28 bits per heavy atom. The minimum absolute atomic E-state index is 0.0356. The van der Waals surface area contributed by atoms with E-state index >= 15 is 0 Å². The van der Waals surface area contributed by atoms with Crippen LogP contribution in [0.1, 0.15) is 30.6 Å². The average molecular weight is 345 g/mol. The molecule has 0 aromatic heterocycles. The minimum Gasteiger partial charge on any atom is -0.497 e. The highest BCUT2D eigenvalue weighted by Crippen LogP contribution is 2.37. The number of rotatable bonds is 4. The number of carbonyl (C=O) groups is 2. The van der Waals surface area contributed by atoms with Crippen LogP contribution in [0, 0.1) is 5.92 Å². The summed E-state index contributed by atoms with van der Waals surface area (Å²) in [6, 6.07) is 7.71. The standard InChI is InChI=1S/C19H27N3O3/c1-12(2)22-16(18(23)20-3)9-14-10-21(11-17(14)22)19(24)13-6-5-7-15(8-13)25-4/h5-8,12,14,16-17H,9-11H2,1-4H3,(H,20,23)/t14-,16-,17+/m1/s1. The van der Waals surface area contributed by atoms with Crippen LogP contribution in [0.4, 0.5) is 0 Å². The van der Waals surface area contributed by atoms with Gasteiger partial charge >= 0.3 is 0 Å². The van der Waals surface area contributed by atoms with Crippen molar-refractivity contribution in [3.8, 4) is 5.75 Å². The van der Waals surface area contributed by atoms with Crippen LogP contribution in [0.15, 0.2) is 24.3 Å². The number of likely N-dealkylation sites (tertiary alicyclic amines) is 2. The van der Waals surface area contributed by atoms with E-state index in [0.717, 1.165) is 6.42 Å². The predicted molar refractivity (Wildman–Crippen MR) is 95.6 cm³/mol. The van der Waals surface area contributed by atoms with Crippen LogP contribution in [-0.4, -0.2) is 67.0 Å². The van der Waals surface area contributed by atoms with Crippen LogP contribution >= 0.6 is 0 Å². The maximum atomic E-state index is 12.9. The van der Waals surface area contributed by atoms with E-state index in [2.05, 4.69) is 24.1 Å². The highest BCUT2D eigenvalue weighted by atomic mass is 16.5. The summed E-state index contributed by atoms with van der Waals surface area (Å²) in [4.78, 5) is 29.3. The zero-order valence-electron chi connectivity index (χ0n) is 15.4. The van der Waals surface area contributed by atoms with Crippen molar-refractivity contribution in [3.63, 3.8) is 0 Å². The van der Waals surface area contributed by atoms with Crippen molar-refractivity contribution in [2.75, 3.05) is 27.2 Å². The second-order valence-electron chi connectivity index (χ2n) is 7.18. The summed E-state index contributed by atoms with van der Waals surface area (Å²) in [7, 11) is 3.29. The predicted octanol–water partition coefficient (Wildman–Crippen LogP) is 1.36. The van der Waals surface area contributed by atoms with E-state index < -0.39 is 0 Å². The first-order valence-corrected chi connectivity index (χ1v) is 8.88. The SMILES string of the molecule is CNC(=O)[C@H]1C[C@@H]2CN(C(=O)c3cccc(OC)c3)C[C@@H]2N1C(C)C. The molecular formula is C19H27N3O3. The third-order valence-corrected chi connectivity index (χ3v) is 5.42. The summed E-state index contributed by atoms with van der Waals surface area (Å²) < 4.78 is 5.22. The first kappa shape index (κ1) is 17.7. The molecule has 2 fully saturated rings.